The van der Waals surface area contributed by atoms with E-state index in [0.717, 1.165) is 0 Å². The lowest BCUT2D eigenvalue weighted by molar-refractivity contribution is -0.145. The van der Waals surface area contributed by atoms with Gasteiger partial charge < -0.3 is 24.7 Å². The number of anilines is 1. The highest BCUT2D eigenvalue weighted by Crippen LogP contribution is 2.29. The van der Waals surface area contributed by atoms with Crippen molar-refractivity contribution in [1.29, 1.82) is 0 Å². The average molecular weight is 283 g/mol. The summed E-state index contributed by atoms with van der Waals surface area (Å²) in [6.07, 6.45) is 0. The van der Waals surface area contributed by atoms with Crippen molar-refractivity contribution < 1.29 is 23.7 Å². The summed E-state index contributed by atoms with van der Waals surface area (Å²) < 4.78 is 20.9. The molecule has 0 saturated carbocycles. The summed E-state index contributed by atoms with van der Waals surface area (Å²) in [4.78, 5) is 11.3. The third-order valence-corrected chi connectivity index (χ3v) is 2.31. The van der Waals surface area contributed by atoms with E-state index in [4.69, 9.17) is 24.7 Å². The molecular formula is C14H21NO5. The van der Waals surface area contributed by atoms with Crippen LogP contribution in [-0.4, -0.2) is 39.0 Å². The summed E-state index contributed by atoms with van der Waals surface area (Å²) in [5.41, 5.74) is 6.22. The number of esters is 1. The highest BCUT2D eigenvalue weighted by atomic mass is 16.6. The molecule has 0 aliphatic heterocycles. The molecule has 112 valence electrons. The zero-order chi connectivity index (χ0) is 14.8. The molecule has 1 aromatic rings. The van der Waals surface area contributed by atoms with E-state index in [1.807, 2.05) is 6.92 Å². The van der Waals surface area contributed by atoms with Gasteiger partial charge in [-0.15, -0.1) is 0 Å². The van der Waals surface area contributed by atoms with Crippen LogP contribution in [-0.2, 0) is 14.3 Å². The first-order chi connectivity index (χ1) is 9.67. The van der Waals surface area contributed by atoms with Crippen LogP contribution in [0.2, 0.25) is 0 Å². The number of rotatable bonds is 9. The van der Waals surface area contributed by atoms with Crippen LogP contribution in [0.5, 0.6) is 11.5 Å². The topological polar surface area (TPSA) is 80.0 Å². The Morgan fingerprint density at radius 1 is 1.10 bits per heavy atom. The predicted octanol–water partition coefficient (Wildman–Crippen LogP) is 1.63. The van der Waals surface area contributed by atoms with Crippen molar-refractivity contribution >= 4 is 11.7 Å². The molecule has 0 heterocycles. The minimum atomic E-state index is -0.435. The maximum atomic E-state index is 11.3. The van der Waals surface area contributed by atoms with E-state index in [1.165, 1.54) is 0 Å². The Bertz CT molecular complexity index is 422. The lowest BCUT2D eigenvalue weighted by Crippen LogP contribution is -2.15. The van der Waals surface area contributed by atoms with Crippen molar-refractivity contribution in [3.05, 3.63) is 18.2 Å². The normalized spacial score (nSPS) is 10.1. The van der Waals surface area contributed by atoms with Gasteiger partial charge in [0.15, 0.2) is 18.1 Å². The number of carbonyl (C=O) groups is 1. The molecule has 6 nitrogen and oxygen atoms in total. The van der Waals surface area contributed by atoms with Gasteiger partial charge in [0.2, 0.25) is 0 Å². The van der Waals surface area contributed by atoms with Gasteiger partial charge in [0.1, 0.15) is 6.61 Å². The fourth-order valence-electron chi connectivity index (χ4n) is 1.45. The molecule has 0 bridgehead atoms. The van der Waals surface area contributed by atoms with Crippen LogP contribution < -0.4 is 15.2 Å². The van der Waals surface area contributed by atoms with Crippen LogP contribution in [0.3, 0.4) is 0 Å². The first kappa shape index (κ1) is 16.1. The van der Waals surface area contributed by atoms with E-state index in [0.29, 0.717) is 43.6 Å². The molecule has 0 aliphatic carbocycles. The Labute approximate surface area is 118 Å². The van der Waals surface area contributed by atoms with Crippen molar-refractivity contribution in [2.45, 2.75) is 13.8 Å². The zero-order valence-electron chi connectivity index (χ0n) is 11.9. The molecule has 20 heavy (non-hydrogen) atoms. The van der Waals surface area contributed by atoms with Crippen molar-refractivity contribution in [2.24, 2.45) is 0 Å². The van der Waals surface area contributed by atoms with Crippen LogP contribution in [0.1, 0.15) is 13.8 Å². The number of ether oxygens (including phenoxy) is 4. The molecule has 0 radical (unpaired) electrons. The standard InChI is InChI=1S/C14H21NO5/c1-3-17-7-8-19-12-6-5-11(15)9-13(12)20-10-14(16)18-4-2/h5-6,9H,3-4,7-8,10,15H2,1-2H3. The van der Waals surface area contributed by atoms with Gasteiger partial charge in [-0.25, -0.2) is 4.79 Å². The molecule has 0 aliphatic rings. The summed E-state index contributed by atoms with van der Waals surface area (Å²) >= 11 is 0. The van der Waals surface area contributed by atoms with Gasteiger partial charge in [-0.05, 0) is 26.0 Å². The van der Waals surface area contributed by atoms with Gasteiger partial charge >= 0.3 is 5.97 Å². The molecular weight excluding hydrogens is 262 g/mol. The Hall–Kier alpha value is -1.95. The molecule has 0 amide bonds. The number of carbonyl (C=O) groups excluding carboxylic acids is 1. The fourth-order valence-corrected chi connectivity index (χ4v) is 1.45. The second-order valence-corrected chi connectivity index (χ2v) is 3.85. The molecule has 0 aromatic heterocycles. The minimum Gasteiger partial charge on any atom is -0.487 e. The first-order valence-corrected chi connectivity index (χ1v) is 6.55. The summed E-state index contributed by atoms with van der Waals surface area (Å²) in [5, 5.41) is 0. The minimum absolute atomic E-state index is 0.181. The van der Waals surface area contributed by atoms with Crippen molar-refractivity contribution in [3.8, 4) is 11.5 Å². The van der Waals surface area contributed by atoms with E-state index < -0.39 is 5.97 Å². The Balaban J connectivity index is 2.57. The predicted molar refractivity (Wildman–Crippen MR) is 75.0 cm³/mol. The van der Waals surface area contributed by atoms with E-state index in [-0.39, 0.29) is 6.61 Å². The molecule has 0 atom stereocenters. The molecule has 1 aromatic carbocycles. The Morgan fingerprint density at radius 2 is 1.90 bits per heavy atom. The molecule has 0 unspecified atom stereocenters. The lowest BCUT2D eigenvalue weighted by Gasteiger charge is -2.13. The number of nitrogen functional groups attached to an aromatic ring is 1. The fraction of sp³-hybridized carbons (Fsp3) is 0.500. The van der Waals surface area contributed by atoms with E-state index >= 15 is 0 Å². The van der Waals surface area contributed by atoms with Crippen molar-refractivity contribution in [3.63, 3.8) is 0 Å². The van der Waals surface area contributed by atoms with Crippen LogP contribution in [0, 0.1) is 0 Å². The molecule has 6 heteroatoms. The number of hydrogen-bond acceptors (Lipinski definition) is 6. The quantitative estimate of drug-likeness (QED) is 0.421. The van der Waals surface area contributed by atoms with Gasteiger partial charge in [0.25, 0.3) is 0 Å². The number of nitrogens with two attached hydrogens (primary N) is 1. The molecule has 0 fully saturated rings. The van der Waals surface area contributed by atoms with E-state index in [1.54, 1.807) is 25.1 Å². The molecule has 2 N–H and O–H groups in total. The summed E-state index contributed by atoms with van der Waals surface area (Å²) in [5.74, 6) is 0.493. The Kier molecular flexibility index (Phi) is 7.27. The third kappa shape index (κ3) is 5.79. The zero-order valence-corrected chi connectivity index (χ0v) is 11.9. The smallest absolute Gasteiger partial charge is 0.344 e. The van der Waals surface area contributed by atoms with E-state index in [2.05, 4.69) is 0 Å². The second-order valence-electron chi connectivity index (χ2n) is 3.85. The summed E-state index contributed by atoms with van der Waals surface area (Å²) in [6, 6.07) is 5.00. The van der Waals surface area contributed by atoms with Gasteiger partial charge in [0.05, 0.1) is 13.2 Å². The summed E-state index contributed by atoms with van der Waals surface area (Å²) in [6.45, 7) is 5.30. The average Bonchev–Trinajstić information content (AvgIpc) is 2.43. The summed E-state index contributed by atoms with van der Waals surface area (Å²) in [7, 11) is 0. The van der Waals surface area contributed by atoms with Gasteiger partial charge in [-0.1, -0.05) is 0 Å². The number of benzene rings is 1. The SMILES string of the molecule is CCOCCOc1ccc(N)cc1OCC(=O)OCC. The van der Waals surface area contributed by atoms with Crippen LogP contribution >= 0.6 is 0 Å². The Morgan fingerprint density at radius 3 is 2.60 bits per heavy atom. The lowest BCUT2D eigenvalue weighted by atomic mass is 10.3. The molecule has 0 saturated heterocycles. The van der Waals surface area contributed by atoms with E-state index in [9.17, 15) is 4.79 Å². The molecule has 0 spiro atoms. The van der Waals surface area contributed by atoms with Gasteiger partial charge in [0, 0.05) is 18.4 Å². The van der Waals surface area contributed by atoms with Gasteiger partial charge in [-0.2, -0.15) is 0 Å². The first-order valence-electron chi connectivity index (χ1n) is 6.55. The van der Waals surface area contributed by atoms with Crippen LogP contribution in [0.25, 0.3) is 0 Å². The highest BCUT2D eigenvalue weighted by molar-refractivity contribution is 5.71. The maximum absolute atomic E-state index is 11.3. The molecule has 1 rings (SSSR count). The highest BCUT2D eigenvalue weighted by Gasteiger charge is 2.09. The van der Waals surface area contributed by atoms with Crippen molar-refractivity contribution in [2.75, 3.05) is 38.8 Å². The monoisotopic (exact) mass is 283 g/mol. The van der Waals surface area contributed by atoms with Crippen LogP contribution in [0.15, 0.2) is 18.2 Å². The third-order valence-electron chi connectivity index (χ3n) is 2.31. The van der Waals surface area contributed by atoms with Gasteiger partial charge in [-0.3, -0.25) is 0 Å². The van der Waals surface area contributed by atoms with Crippen LogP contribution in [0.4, 0.5) is 5.69 Å². The largest absolute Gasteiger partial charge is 0.487 e. The maximum Gasteiger partial charge on any atom is 0.344 e. The van der Waals surface area contributed by atoms with Crippen molar-refractivity contribution in [1.82, 2.24) is 0 Å². The second kappa shape index (κ2) is 9.03. The number of hydrogen-bond donors (Lipinski definition) is 1.